The van der Waals surface area contributed by atoms with Crippen LogP contribution in [0.1, 0.15) is 85.0 Å². The number of carbonyl (C=O) groups excluding carboxylic acids is 4. The Morgan fingerprint density at radius 2 is 1.35 bits per heavy atom. The molecule has 476 valence electrons. The summed E-state index contributed by atoms with van der Waals surface area (Å²) in [6, 6.07) is -1.40. The van der Waals surface area contributed by atoms with Crippen LogP contribution < -0.4 is 21.3 Å². The van der Waals surface area contributed by atoms with Gasteiger partial charge in [-0.1, -0.05) is 45.4 Å². The summed E-state index contributed by atoms with van der Waals surface area (Å²) in [7, 11) is -16.4. The highest BCUT2D eigenvalue weighted by Crippen LogP contribution is 2.40. The number of carboxylic acid groups (broad SMARTS) is 1. The monoisotopic (exact) mass is 1250 g/mol. The highest BCUT2D eigenvalue weighted by atomic mass is 32.3. The van der Waals surface area contributed by atoms with Crippen molar-refractivity contribution in [2.24, 2.45) is 17.8 Å². The number of aliphatic hydroxyl groups is 5. The first kappa shape index (κ1) is 71.0. The Labute approximate surface area is 473 Å². The SMILES string of the molecule is CCC1CC(C(=O)NCCNC(=O)CCOCCOCCNC(=O)[C@@H](OS(=O)(=O)O)[C@H](COS(=O)(=O)O)OS(=O)(=O)O)C[C@@H](O[C@@H]2O[C@@H](CO)[C@H](O)C(O[C@@H](CC3CCCCC3)C(=O)O)C2NC(C)=O)[C@@H]1O[C@@H]1OC(C)[C@@H](O)[C@H](O)C1O. The molecule has 2 aliphatic carbocycles. The van der Waals surface area contributed by atoms with E-state index in [0.717, 1.165) is 32.1 Å². The summed E-state index contributed by atoms with van der Waals surface area (Å²) in [6.45, 7) is 0.810. The molecule has 37 heteroatoms. The van der Waals surface area contributed by atoms with Crippen molar-refractivity contribution >= 4 is 60.8 Å². The van der Waals surface area contributed by atoms with Gasteiger partial charge in [0.05, 0.1) is 58.0 Å². The third kappa shape index (κ3) is 23.7. The second kappa shape index (κ2) is 33.4. The fraction of sp³-hybridized carbons (Fsp3) is 0.889. The average Bonchev–Trinajstić information content (AvgIpc) is 3.60. The van der Waals surface area contributed by atoms with Crippen LogP contribution in [-0.2, 0) is 101 Å². The van der Waals surface area contributed by atoms with Crippen molar-refractivity contribution in [2.75, 3.05) is 59.3 Å². The maximum atomic E-state index is 13.9. The predicted octanol–water partition coefficient (Wildman–Crippen LogP) is -4.62. The molecule has 0 aromatic rings. The van der Waals surface area contributed by atoms with Gasteiger partial charge in [0.15, 0.2) is 24.8 Å². The fourth-order valence-corrected chi connectivity index (χ4v) is 11.2. The lowest BCUT2D eigenvalue weighted by Gasteiger charge is -2.49. The molecule has 34 nitrogen and oxygen atoms in total. The van der Waals surface area contributed by atoms with Crippen molar-refractivity contribution in [2.45, 2.75) is 177 Å². The molecule has 4 amide bonds. The van der Waals surface area contributed by atoms with Gasteiger partial charge in [-0.25, -0.2) is 17.3 Å². The van der Waals surface area contributed by atoms with Crippen molar-refractivity contribution in [1.82, 2.24) is 21.3 Å². The lowest BCUT2D eigenvalue weighted by Crippen LogP contribution is -2.67. The molecule has 4 rings (SSSR count). The van der Waals surface area contributed by atoms with Crippen LogP contribution in [0.4, 0.5) is 0 Å². The van der Waals surface area contributed by atoms with Gasteiger partial charge in [-0.2, -0.15) is 25.3 Å². The van der Waals surface area contributed by atoms with Crippen LogP contribution >= 0.6 is 0 Å². The Morgan fingerprint density at radius 1 is 0.707 bits per heavy atom. The normalized spacial score (nSPS) is 30.6. The summed E-state index contributed by atoms with van der Waals surface area (Å²) in [5.74, 6) is -5.81. The van der Waals surface area contributed by atoms with Crippen LogP contribution in [0.5, 0.6) is 0 Å². The van der Waals surface area contributed by atoms with Crippen molar-refractivity contribution in [1.29, 1.82) is 0 Å². The number of amides is 4. The van der Waals surface area contributed by atoms with E-state index in [4.69, 9.17) is 46.8 Å². The van der Waals surface area contributed by atoms with Crippen molar-refractivity contribution in [3.63, 3.8) is 0 Å². The molecule has 0 spiro atoms. The minimum atomic E-state index is -5.56. The Bertz CT molecular complexity index is 2390. The van der Waals surface area contributed by atoms with Gasteiger partial charge in [0.1, 0.15) is 48.8 Å². The van der Waals surface area contributed by atoms with Crippen LogP contribution in [0, 0.1) is 17.8 Å². The third-order valence-electron chi connectivity index (χ3n) is 13.9. The molecule has 4 fully saturated rings. The van der Waals surface area contributed by atoms with Gasteiger partial charge in [-0.15, -0.1) is 0 Å². The Balaban J connectivity index is 1.33. The van der Waals surface area contributed by atoms with E-state index < -0.39 is 184 Å². The number of hydrogen-bond acceptors (Lipinski definition) is 26. The summed E-state index contributed by atoms with van der Waals surface area (Å²) >= 11 is 0. The zero-order valence-electron chi connectivity index (χ0n) is 45.2. The first-order valence-corrected chi connectivity index (χ1v) is 30.5. The molecule has 82 heavy (non-hydrogen) atoms. The summed E-state index contributed by atoms with van der Waals surface area (Å²) in [5, 5.41) is 74.3. The first-order valence-electron chi connectivity index (χ1n) is 26.4. The summed E-state index contributed by atoms with van der Waals surface area (Å²) < 4.78 is 147. The van der Waals surface area contributed by atoms with Gasteiger partial charge >= 0.3 is 37.2 Å². The standard InChI is InChI=1S/C45H78N4O30S3/c1-4-26-19-27(41(57)47-12-11-46-32(52)10-14-70-16-17-71-15-13-48-42(58)39(79-82(67,68)69)31(78-81(64,65)66)22-72-80(61,62)63)20-28(38(26)77-45-37(56)36(55)34(53)23(2)73-45)75-44-33(49-24(3)51)40(35(54)30(21-50)76-44)74-29(43(59)60)18-25-8-6-5-7-9-25/h23,25-31,33-40,44-45,50,53-56H,4-22H2,1-3H3,(H,46,52)(H,47,57)(H,48,58)(H,49,51)(H,59,60)(H,61,62,63)(H,64,65,66)(H,67,68,69)/t23?,26?,27?,28-,29+,30+,31+,33?,34-,35+,36+,37?,38-,39+,40?,44-,45+/m1/s1. The highest BCUT2D eigenvalue weighted by Gasteiger charge is 2.53. The van der Waals surface area contributed by atoms with E-state index in [0.29, 0.717) is 6.42 Å². The lowest BCUT2D eigenvalue weighted by molar-refractivity contribution is -0.338. The van der Waals surface area contributed by atoms with Gasteiger partial charge in [-0.3, -0.25) is 32.8 Å². The first-order chi connectivity index (χ1) is 38.4. The molecule has 2 saturated heterocycles. The number of rotatable bonds is 34. The smallest absolute Gasteiger partial charge is 0.398 e. The Hall–Kier alpha value is -3.52. The average molecular weight is 1250 g/mol. The van der Waals surface area contributed by atoms with Gasteiger partial charge in [0, 0.05) is 38.9 Å². The largest absolute Gasteiger partial charge is 0.479 e. The zero-order chi connectivity index (χ0) is 61.1. The molecule has 0 radical (unpaired) electrons. The summed E-state index contributed by atoms with van der Waals surface area (Å²) in [5.41, 5.74) is 0. The second-order valence-electron chi connectivity index (χ2n) is 20.0. The van der Waals surface area contributed by atoms with Crippen LogP contribution in [0.2, 0.25) is 0 Å². The highest BCUT2D eigenvalue weighted by molar-refractivity contribution is 7.81. The number of aliphatic hydroxyl groups excluding tert-OH is 5. The zero-order valence-corrected chi connectivity index (χ0v) is 47.6. The molecular formula is C45H78N4O30S3. The van der Waals surface area contributed by atoms with Crippen molar-refractivity contribution in [3.05, 3.63) is 0 Å². The quantitative estimate of drug-likeness (QED) is 0.0213. The minimum absolute atomic E-state index is 0.0147. The van der Waals surface area contributed by atoms with E-state index in [1.54, 1.807) is 6.92 Å². The fourth-order valence-electron chi connectivity index (χ4n) is 9.91. The maximum Gasteiger partial charge on any atom is 0.398 e. The van der Waals surface area contributed by atoms with E-state index in [2.05, 4.69) is 28.5 Å². The van der Waals surface area contributed by atoms with Crippen LogP contribution in [-0.4, -0.2) is 250 Å². The molecule has 2 saturated carbocycles. The number of ether oxygens (including phenoxy) is 7. The molecule has 6 unspecified atom stereocenters. The number of aliphatic carboxylic acids is 1. The van der Waals surface area contributed by atoms with Gasteiger partial charge < -0.3 is 85.1 Å². The number of nitrogens with one attached hydrogen (secondary N) is 4. The van der Waals surface area contributed by atoms with Crippen molar-refractivity contribution < 1.29 is 139 Å². The molecular weight excluding hydrogens is 1170 g/mol. The molecule has 0 bridgehead atoms. The summed E-state index contributed by atoms with van der Waals surface area (Å²) in [4.78, 5) is 64.6. The van der Waals surface area contributed by atoms with Crippen LogP contribution in [0.3, 0.4) is 0 Å². The predicted molar refractivity (Wildman–Crippen MR) is 271 cm³/mol. The maximum absolute atomic E-state index is 13.9. The van der Waals surface area contributed by atoms with Gasteiger partial charge in [-0.05, 0) is 38.0 Å². The van der Waals surface area contributed by atoms with Crippen LogP contribution in [0.15, 0.2) is 0 Å². The number of carbonyl (C=O) groups is 5. The molecule has 0 aromatic carbocycles. The van der Waals surface area contributed by atoms with Crippen LogP contribution in [0.25, 0.3) is 0 Å². The molecule has 2 aliphatic heterocycles. The van der Waals surface area contributed by atoms with Crippen molar-refractivity contribution in [3.8, 4) is 0 Å². The van der Waals surface area contributed by atoms with E-state index in [1.807, 2.05) is 5.32 Å². The molecule has 17 atom stereocenters. The number of carboxylic acids is 1. The van der Waals surface area contributed by atoms with E-state index >= 15 is 0 Å². The molecule has 2 heterocycles. The van der Waals surface area contributed by atoms with E-state index in [1.165, 1.54) is 13.8 Å². The third-order valence-corrected chi connectivity index (χ3v) is 15.3. The molecule has 13 N–H and O–H groups in total. The Kier molecular flexibility index (Phi) is 28.9. The number of hydrogen-bond donors (Lipinski definition) is 13. The summed E-state index contributed by atoms with van der Waals surface area (Å²) in [6.07, 6.45) is -17.8. The van der Waals surface area contributed by atoms with Gasteiger partial charge in [0.25, 0.3) is 5.91 Å². The van der Waals surface area contributed by atoms with E-state index in [-0.39, 0.29) is 71.1 Å². The molecule has 4 aliphatic rings. The topological polar surface area (TPSA) is 510 Å². The Morgan fingerprint density at radius 3 is 1.95 bits per heavy atom. The lowest BCUT2D eigenvalue weighted by atomic mass is 9.75. The molecule has 0 aromatic heterocycles. The minimum Gasteiger partial charge on any atom is -0.479 e. The van der Waals surface area contributed by atoms with E-state index in [9.17, 15) is 79.9 Å². The van der Waals surface area contributed by atoms with Gasteiger partial charge in [0.2, 0.25) is 17.7 Å². The second-order valence-corrected chi connectivity index (χ2v) is 23.2.